The number of nitrogens with two attached hydrogens (primary N) is 1. The molecule has 0 aliphatic heterocycles. The predicted octanol–water partition coefficient (Wildman–Crippen LogP) is 1.11. The highest BCUT2D eigenvalue weighted by molar-refractivity contribution is 4.67. The van der Waals surface area contributed by atoms with E-state index in [1.54, 1.807) is 0 Å². The molecule has 3 N–H and O–H groups in total. The van der Waals surface area contributed by atoms with Crippen molar-refractivity contribution in [1.29, 1.82) is 0 Å². The Bertz CT molecular complexity index is 147. The fourth-order valence-corrected chi connectivity index (χ4v) is 1.22. The monoisotopic (exact) mass is 213 g/mol. The molecule has 86 valence electrons. The number of hydrogen-bond acceptors (Lipinski definition) is 3. The summed E-state index contributed by atoms with van der Waals surface area (Å²) in [6.07, 6.45) is -4.24. The molecule has 6 heteroatoms. The Morgan fingerprint density at radius 2 is 1.93 bits per heavy atom. The molecule has 14 heavy (non-hydrogen) atoms. The number of hydrazine groups is 1. The van der Waals surface area contributed by atoms with Crippen LogP contribution >= 0.6 is 0 Å². The quantitative estimate of drug-likeness (QED) is 0.513. The highest BCUT2D eigenvalue weighted by atomic mass is 19.4. The number of rotatable bonds is 6. The minimum absolute atomic E-state index is 0.0765. The number of hydrogen-bond donors (Lipinski definition) is 2. The van der Waals surface area contributed by atoms with Crippen LogP contribution in [0.5, 0.6) is 0 Å². The first-order valence-corrected chi connectivity index (χ1v) is 4.53. The third-order valence-electron chi connectivity index (χ3n) is 1.83. The maximum atomic E-state index is 11.8. The molecule has 0 aliphatic carbocycles. The van der Waals surface area contributed by atoms with E-state index in [1.807, 2.05) is 19.0 Å². The summed E-state index contributed by atoms with van der Waals surface area (Å²) in [4.78, 5) is 1.89. The summed E-state index contributed by atoms with van der Waals surface area (Å²) in [7, 11) is 3.71. The van der Waals surface area contributed by atoms with Crippen LogP contribution in [0.4, 0.5) is 13.2 Å². The van der Waals surface area contributed by atoms with Crippen molar-refractivity contribution in [2.45, 2.75) is 31.5 Å². The lowest BCUT2D eigenvalue weighted by molar-refractivity contribution is -0.135. The standard InChI is InChI=1S/C8H18F3N3/c1-14(2)6-7(13-12)4-3-5-8(9,10)11/h7,13H,3-6,12H2,1-2H3. The Labute approximate surface area is 82.4 Å². The first-order chi connectivity index (χ1) is 6.35. The molecule has 0 saturated heterocycles. The molecular formula is C8H18F3N3. The second-order valence-electron chi connectivity index (χ2n) is 3.63. The lowest BCUT2D eigenvalue weighted by atomic mass is 10.1. The van der Waals surface area contributed by atoms with Gasteiger partial charge in [-0.2, -0.15) is 13.2 Å². The lowest BCUT2D eigenvalue weighted by Crippen LogP contribution is -2.42. The minimum Gasteiger partial charge on any atom is -0.308 e. The molecule has 0 fully saturated rings. The van der Waals surface area contributed by atoms with E-state index in [0.717, 1.165) is 0 Å². The SMILES string of the molecule is CN(C)CC(CCCC(F)(F)F)NN. The summed E-state index contributed by atoms with van der Waals surface area (Å²) in [5, 5.41) is 0. The van der Waals surface area contributed by atoms with Gasteiger partial charge in [-0.15, -0.1) is 0 Å². The van der Waals surface area contributed by atoms with E-state index in [9.17, 15) is 13.2 Å². The van der Waals surface area contributed by atoms with Gasteiger partial charge in [-0.25, -0.2) is 0 Å². The number of nitrogens with one attached hydrogen (secondary N) is 1. The molecule has 0 aromatic heterocycles. The summed E-state index contributed by atoms with van der Waals surface area (Å²) in [6, 6.07) is -0.0765. The number of halogens is 3. The van der Waals surface area contributed by atoms with Gasteiger partial charge < -0.3 is 4.90 Å². The van der Waals surface area contributed by atoms with Crippen molar-refractivity contribution in [2.24, 2.45) is 5.84 Å². The zero-order valence-corrected chi connectivity index (χ0v) is 8.56. The van der Waals surface area contributed by atoms with Crippen molar-refractivity contribution in [3.05, 3.63) is 0 Å². The van der Waals surface area contributed by atoms with Gasteiger partial charge in [0.1, 0.15) is 0 Å². The third kappa shape index (κ3) is 8.28. The van der Waals surface area contributed by atoms with Crippen molar-refractivity contribution in [3.63, 3.8) is 0 Å². The van der Waals surface area contributed by atoms with Crippen LogP contribution in [0.1, 0.15) is 19.3 Å². The van der Waals surface area contributed by atoms with E-state index in [2.05, 4.69) is 5.43 Å². The Balaban J connectivity index is 3.63. The molecule has 3 nitrogen and oxygen atoms in total. The van der Waals surface area contributed by atoms with Crippen LogP contribution in [0.2, 0.25) is 0 Å². The van der Waals surface area contributed by atoms with Gasteiger partial charge in [0.15, 0.2) is 0 Å². The summed E-state index contributed by atoms with van der Waals surface area (Å²) >= 11 is 0. The fourth-order valence-electron chi connectivity index (χ4n) is 1.22. The van der Waals surface area contributed by atoms with Gasteiger partial charge in [0.05, 0.1) is 0 Å². The normalized spacial score (nSPS) is 14.8. The molecule has 0 aromatic rings. The van der Waals surface area contributed by atoms with Gasteiger partial charge in [-0.05, 0) is 26.9 Å². The summed E-state index contributed by atoms with van der Waals surface area (Å²) in [6.45, 7) is 0.647. The molecule has 0 aromatic carbocycles. The molecule has 0 saturated carbocycles. The van der Waals surface area contributed by atoms with Crippen LogP contribution in [0.3, 0.4) is 0 Å². The van der Waals surface area contributed by atoms with E-state index in [0.29, 0.717) is 13.0 Å². The van der Waals surface area contributed by atoms with Crippen LogP contribution in [-0.2, 0) is 0 Å². The Morgan fingerprint density at radius 3 is 2.29 bits per heavy atom. The first-order valence-electron chi connectivity index (χ1n) is 4.53. The Hall–Kier alpha value is -0.330. The maximum Gasteiger partial charge on any atom is 0.389 e. The van der Waals surface area contributed by atoms with Crippen molar-refractivity contribution >= 4 is 0 Å². The van der Waals surface area contributed by atoms with Crippen molar-refractivity contribution in [1.82, 2.24) is 10.3 Å². The smallest absolute Gasteiger partial charge is 0.308 e. The molecule has 0 bridgehead atoms. The Kier molecular flexibility index (Phi) is 6.06. The van der Waals surface area contributed by atoms with E-state index >= 15 is 0 Å². The van der Waals surface area contributed by atoms with Gasteiger partial charge >= 0.3 is 6.18 Å². The predicted molar refractivity (Wildman–Crippen MR) is 49.6 cm³/mol. The lowest BCUT2D eigenvalue weighted by Gasteiger charge is -2.20. The first kappa shape index (κ1) is 13.7. The zero-order chi connectivity index (χ0) is 11.2. The van der Waals surface area contributed by atoms with Crippen molar-refractivity contribution < 1.29 is 13.2 Å². The average Bonchev–Trinajstić information content (AvgIpc) is 1.99. The summed E-state index contributed by atoms with van der Waals surface area (Å²) in [5.74, 6) is 5.21. The van der Waals surface area contributed by atoms with Gasteiger partial charge in [0.2, 0.25) is 0 Å². The topological polar surface area (TPSA) is 41.3 Å². The number of nitrogens with zero attached hydrogens (tertiary/aromatic N) is 1. The zero-order valence-electron chi connectivity index (χ0n) is 8.56. The molecule has 0 heterocycles. The molecule has 1 atom stereocenters. The van der Waals surface area contributed by atoms with Crippen LogP contribution < -0.4 is 11.3 Å². The van der Waals surface area contributed by atoms with E-state index in [1.165, 1.54) is 0 Å². The number of alkyl halides is 3. The molecule has 0 spiro atoms. The van der Waals surface area contributed by atoms with Crippen molar-refractivity contribution in [3.8, 4) is 0 Å². The minimum atomic E-state index is -4.06. The van der Waals surface area contributed by atoms with Gasteiger partial charge in [0, 0.05) is 19.0 Å². The largest absolute Gasteiger partial charge is 0.389 e. The highest BCUT2D eigenvalue weighted by Crippen LogP contribution is 2.22. The second-order valence-corrected chi connectivity index (χ2v) is 3.63. The van der Waals surface area contributed by atoms with Gasteiger partial charge in [-0.3, -0.25) is 11.3 Å². The van der Waals surface area contributed by atoms with Crippen LogP contribution in [0, 0.1) is 0 Å². The van der Waals surface area contributed by atoms with Crippen LogP contribution in [0.15, 0.2) is 0 Å². The maximum absolute atomic E-state index is 11.8. The van der Waals surface area contributed by atoms with Crippen LogP contribution in [0.25, 0.3) is 0 Å². The van der Waals surface area contributed by atoms with Crippen LogP contribution in [-0.4, -0.2) is 37.8 Å². The molecule has 0 rings (SSSR count). The van der Waals surface area contributed by atoms with E-state index in [-0.39, 0.29) is 12.5 Å². The number of likely N-dealkylation sites (N-methyl/N-ethyl adjacent to an activating group) is 1. The van der Waals surface area contributed by atoms with Gasteiger partial charge in [-0.1, -0.05) is 0 Å². The fraction of sp³-hybridized carbons (Fsp3) is 1.00. The molecule has 0 radical (unpaired) electrons. The molecule has 0 aliphatic rings. The van der Waals surface area contributed by atoms with E-state index < -0.39 is 12.6 Å². The van der Waals surface area contributed by atoms with Crippen molar-refractivity contribution in [2.75, 3.05) is 20.6 Å². The molecule has 0 amide bonds. The summed E-state index contributed by atoms with van der Waals surface area (Å²) < 4.78 is 35.4. The summed E-state index contributed by atoms with van der Waals surface area (Å²) in [5.41, 5.74) is 2.51. The molecule has 1 unspecified atom stereocenters. The Morgan fingerprint density at radius 1 is 1.36 bits per heavy atom. The highest BCUT2D eigenvalue weighted by Gasteiger charge is 2.26. The van der Waals surface area contributed by atoms with Gasteiger partial charge in [0.25, 0.3) is 0 Å². The molecular weight excluding hydrogens is 195 g/mol. The van der Waals surface area contributed by atoms with E-state index in [4.69, 9.17) is 5.84 Å². The average molecular weight is 213 g/mol. The second kappa shape index (κ2) is 6.21. The third-order valence-corrected chi connectivity index (χ3v) is 1.83.